The van der Waals surface area contributed by atoms with E-state index < -0.39 is 0 Å². The van der Waals surface area contributed by atoms with Crippen molar-refractivity contribution in [2.24, 2.45) is 0 Å². The van der Waals surface area contributed by atoms with E-state index in [9.17, 15) is 0 Å². The Balaban J connectivity index is 2.46. The Bertz CT molecular complexity index is 457. The predicted molar refractivity (Wildman–Crippen MR) is 70.4 cm³/mol. The topological polar surface area (TPSA) is 0 Å². The molecule has 0 aromatic heterocycles. The summed E-state index contributed by atoms with van der Waals surface area (Å²) in [5.41, 5.74) is 2.22. The Morgan fingerprint density at radius 2 is 1.38 bits per heavy atom. The van der Waals surface area contributed by atoms with Crippen LogP contribution in [0.5, 0.6) is 0 Å². The second kappa shape index (κ2) is 4.90. The van der Waals surface area contributed by atoms with E-state index >= 15 is 0 Å². The Morgan fingerprint density at radius 3 is 1.94 bits per heavy atom. The summed E-state index contributed by atoms with van der Waals surface area (Å²) in [7, 11) is 0. The van der Waals surface area contributed by atoms with Crippen LogP contribution in [0.2, 0.25) is 10.0 Å². The minimum absolute atomic E-state index is 0.211. The van der Waals surface area contributed by atoms with Crippen molar-refractivity contribution in [2.75, 3.05) is 0 Å². The molecular weight excluding hydrogens is 239 g/mol. The summed E-state index contributed by atoms with van der Waals surface area (Å²) in [4.78, 5) is 0. The van der Waals surface area contributed by atoms with Gasteiger partial charge in [-0.2, -0.15) is 0 Å². The van der Waals surface area contributed by atoms with Crippen LogP contribution in [-0.4, -0.2) is 0 Å². The van der Waals surface area contributed by atoms with E-state index in [0.29, 0.717) is 0 Å². The normalized spacial score (nSPS) is 12.4. The van der Waals surface area contributed by atoms with Crippen molar-refractivity contribution in [3.05, 3.63) is 69.7 Å². The third kappa shape index (κ3) is 2.23. The molecule has 2 heteroatoms. The summed E-state index contributed by atoms with van der Waals surface area (Å²) < 4.78 is 0. The molecule has 0 radical (unpaired) electrons. The number of rotatable bonds is 2. The summed E-state index contributed by atoms with van der Waals surface area (Å²) >= 11 is 12.4. The zero-order chi connectivity index (χ0) is 11.5. The predicted octanol–water partition coefficient (Wildman–Crippen LogP) is 5.15. The van der Waals surface area contributed by atoms with Crippen LogP contribution in [0.3, 0.4) is 0 Å². The van der Waals surface area contributed by atoms with Gasteiger partial charge in [-0.1, -0.05) is 66.5 Å². The third-order valence-electron chi connectivity index (χ3n) is 2.73. The van der Waals surface area contributed by atoms with E-state index in [-0.39, 0.29) is 5.92 Å². The molecule has 0 N–H and O–H groups in total. The fourth-order valence-corrected chi connectivity index (χ4v) is 2.56. The number of benzene rings is 2. The maximum absolute atomic E-state index is 6.19. The second-order valence-electron chi connectivity index (χ2n) is 3.77. The number of halogens is 2. The monoisotopic (exact) mass is 250 g/mol. The molecule has 0 amide bonds. The molecule has 16 heavy (non-hydrogen) atoms. The van der Waals surface area contributed by atoms with Crippen molar-refractivity contribution in [3.63, 3.8) is 0 Å². The fraction of sp³-hybridized carbons (Fsp3) is 0.143. The van der Waals surface area contributed by atoms with Gasteiger partial charge in [-0.25, -0.2) is 0 Å². The van der Waals surface area contributed by atoms with Crippen molar-refractivity contribution in [3.8, 4) is 0 Å². The first-order valence-corrected chi connectivity index (χ1v) is 5.94. The van der Waals surface area contributed by atoms with Gasteiger partial charge >= 0.3 is 0 Å². The second-order valence-corrected chi connectivity index (χ2v) is 4.58. The quantitative estimate of drug-likeness (QED) is 0.692. The van der Waals surface area contributed by atoms with Crippen LogP contribution >= 0.6 is 23.2 Å². The molecule has 0 saturated carbocycles. The van der Waals surface area contributed by atoms with E-state index in [4.69, 9.17) is 23.2 Å². The Kier molecular flexibility index (Phi) is 3.52. The van der Waals surface area contributed by atoms with Gasteiger partial charge in [0.05, 0.1) is 0 Å². The number of hydrogen-bond acceptors (Lipinski definition) is 0. The Morgan fingerprint density at radius 1 is 0.812 bits per heavy atom. The first kappa shape index (κ1) is 11.5. The molecule has 0 spiro atoms. The maximum Gasteiger partial charge on any atom is 0.0458 e. The van der Waals surface area contributed by atoms with Crippen molar-refractivity contribution in [1.82, 2.24) is 0 Å². The molecule has 1 atom stereocenters. The van der Waals surface area contributed by atoms with Gasteiger partial charge in [0.15, 0.2) is 0 Å². The summed E-state index contributed by atoms with van der Waals surface area (Å²) in [6.45, 7) is 2.11. The summed E-state index contributed by atoms with van der Waals surface area (Å²) in [6.07, 6.45) is 0. The lowest BCUT2D eigenvalue weighted by atomic mass is 9.93. The standard InChI is InChI=1S/C14H12Cl2/c1-10(11-6-3-2-4-7-11)14-12(15)8-5-9-13(14)16/h2-10H,1H3. The van der Waals surface area contributed by atoms with Gasteiger partial charge in [-0.05, 0) is 23.3 Å². The minimum Gasteiger partial charge on any atom is -0.0840 e. The van der Waals surface area contributed by atoms with Gasteiger partial charge in [0, 0.05) is 16.0 Å². The average Bonchev–Trinajstić information content (AvgIpc) is 2.30. The highest BCUT2D eigenvalue weighted by atomic mass is 35.5. The first-order chi connectivity index (χ1) is 7.70. The van der Waals surface area contributed by atoms with Gasteiger partial charge in [-0.3, -0.25) is 0 Å². The van der Waals surface area contributed by atoms with Gasteiger partial charge in [0.25, 0.3) is 0 Å². The smallest absolute Gasteiger partial charge is 0.0458 e. The molecule has 0 saturated heterocycles. The molecule has 0 nitrogen and oxygen atoms in total. The van der Waals surface area contributed by atoms with Gasteiger partial charge < -0.3 is 0 Å². The lowest BCUT2D eigenvalue weighted by Crippen LogP contribution is -1.97. The summed E-state index contributed by atoms with van der Waals surface area (Å²) in [5, 5.41) is 1.45. The maximum atomic E-state index is 6.19. The molecule has 1 unspecified atom stereocenters. The van der Waals surface area contributed by atoms with Crippen LogP contribution in [-0.2, 0) is 0 Å². The Hall–Kier alpha value is -0.980. The molecule has 0 fully saturated rings. The zero-order valence-electron chi connectivity index (χ0n) is 8.95. The third-order valence-corrected chi connectivity index (χ3v) is 3.39. The van der Waals surface area contributed by atoms with Gasteiger partial charge in [0.1, 0.15) is 0 Å². The molecule has 0 aliphatic heterocycles. The molecule has 0 bridgehead atoms. The highest BCUT2D eigenvalue weighted by Crippen LogP contribution is 2.34. The summed E-state index contributed by atoms with van der Waals surface area (Å²) in [5.74, 6) is 0.211. The molecular formula is C14H12Cl2. The highest BCUT2D eigenvalue weighted by Gasteiger charge is 2.14. The van der Waals surface area contributed by atoms with E-state index in [1.54, 1.807) is 0 Å². The average molecular weight is 251 g/mol. The van der Waals surface area contributed by atoms with Crippen LogP contribution in [0.1, 0.15) is 24.0 Å². The van der Waals surface area contributed by atoms with Gasteiger partial charge in [0.2, 0.25) is 0 Å². The highest BCUT2D eigenvalue weighted by molar-refractivity contribution is 6.36. The molecule has 82 valence electrons. The molecule has 2 aromatic carbocycles. The van der Waals surface area contributed by atoms with E-state index in [1.807, 2.05) is 36.4 Å². The molecule has 0 heterocycles. The van der Waals surface area contributed by atoms with Crippen molar-refractivity contribution in [1.29, 1.82) is 0 Å². The van der Waals surface area contributed by atoms with Gasteiger partial charge in [-0.15, -0.1) is 0 Å². The molecule has 0 aliphatic carbocycles. The van der Waals surface area contributed by atoms with E-state index in [0.717, 1.165) is 15.6 Å². The lowest BCUT2D eigenvalue weighted by Gasteiger charge is -2.15. The van der Waals surface area contributed by atoms with Crippen LogP contribution in [0, 0.1) is 0 Å². The molecule has 0 aliphatic rings. The largest absolute Gasteiger partial charge is 0.0840 e. The Labute approximate surface area is 106 Å². The summed E-state index contributed by atoms with van der Waals surface area (Å²) in [6, 6.07) is 15.8. The minimum atomic E-state index is 0.211. The van der Waals surface area contributed by atoms with Crippen molar-refractivity contribution >= 4 is 23.2 Å². The molecule has 2 rings (SSSR count). The fourth-order valence-electron chi connectivity index (χ4n) is 1.83. The van der Waals surface area contributed by atoms with Crippen molar-refractivity contribution < 1.29 is 0 Å². The molecule has 2 aromatic rings. The van der Waals surface area contributed by atoms with Crippen molar-refractivity contribution in [2.45, 2.75) is 12.8 Å². The van der Waals surface area contributed by atoms with Crippen LogP contribution in [0.15, 0.2) is 48.5 Å². The first-order valence-electron chi connectivity index (χ1n) is 5.19. The van der Waals surface area contributed by atoms with E-state index in [2.05, 4.69) is 19.1 Å². The van der Waals surface area contributed by atoms with Crippen LogP contribution < -0.4 is 0 Å². The zero-order valence-corrected chi connectivity index (χ0v) is 10.5. The van der Waals surface area contributed by atoms with E-state index in [1.165, 1.54) is 5.56 Å². The van der Waals surface area contributed by atoms with Crippen LogP contribution in [0.25, 0.3) is 0 Å². The van der Waals surface area contributed by atoms with Crippen LogP contribution in [0.4, 0.5) is 0 Å². The SMILES string of the molecule is CC(c1ccccc1)c1c(Cl)cccc1Cl. The lowest BCUT2D eigenvalue weighted by molar-refractivity contribution is 0.923. The number of hydrogen-bond donors (Lipinski definition) is 0.